The average molecular weight is 352 g/mol. The normalized spacial score (nSPS) is 13.4. The van der Waals surface area contributed by atoms with Gasteiger partial charge in [-0.3, -0.25) is 9.89 Å². The molecule has 0 spiro atoms. The molecule has 3 aromatic rings. The smallest absolute Gasteiger partial charge is 0.163 e. The highest BCUT2D eigenvalue weighted by molar-refractivity contribution is 5.97. The molecule has 26 heavy (non-hydrogen) atoms. The second kappa shape index (κ2) is 7.62. The molecule has 0 fully saturated rings. The van der Waals surface area contributed by atoms with Crippen molar-refractivity contribution in [2.45, 2.75) is 32.3 Å². The fourth-order valence-electron chi connectivity index (χ4n) is 3.05. The molecular weight excluding hydrogens is 331 g/mol. The molecule has 5 heteroatoms. The topological polar surface area (TPSA) is 66.0 Å². The first kappa shape index (κ1) is 18.0. The summed E-state index contributed by atoms with van der Waals surface area (Å²) >= 11 is 0. The molecule has 2 N–H and O–H groups in total. The van der Waals surface area contributed by atoms with Gasteiger partial charge in [0.25, 0.3) is 0 Å². The van der Waals surface area contributed by atoms with Gasteiger partial charge in [-0.25, -0.2) is 4.39 Å². The summed E-state index contributed by atoms with van der Waals surface area (Å²) in [6, 6.07) is 11.6. The van der Waals surface area contributed by atoms with Gasteiger partial charge in [0.1, 0.15) is 5.82 Å². The van der Waals surface area contributed by atoms with Crippen LogP contribution in [0, 0.1) is 5.82 Å². The van der Waals surface area contributed by atoms with E-state index in [-0.39, 0.29) is 17.5 Å². The van der Waals surface area contributed by atoms with E-state index in [0.29, 0.717) is 17.5 Å². The number of aliphatic hydroxyl groups is 1. The minimum absolute atomic E-state index is 0.0116. The Bertz CT molecular complexity index is 887. The number of carbonyl (C=O) groups is 1. The lowest BCUT2D eigenvalue weighted by Gasteiger charge is -2.15. The second-order valence-electron chi connectivity index (χ2n) is 6.54. The van der Waals surface area contributed by atoms with Gasteiger partial charge in [0, 0.05) is 23.7 Å². The van der Waals surface area contributed by atoms with E-state index in [1.807, 2.05) is 13.0 Å². The Morgan fingerprint density at radius 3 is 2.54 bits per heavy atom. The van der Waals surface area contributed by atoms with Gasteiger partial charge in [-0.2, -0.15) is 5.10 Å². The Hall–Kier alpha value is -2.79. The molecule has 1 aromatic heterocycles. The fourth-order valence-corrected chi connectivity index (χ4v) is 3.05. The molecule has 0 aliphatic heterocycles. The first-order valence-corrected chi connectivity index (χ1v) is 8.55. The van der Waals surface area contributed by atoms with Crippen LogP contribution < -0.4 is 0 Å². The zero-order valence-corrected chi connectivity index (χ0v) is 14.7. The Balaban J connectivity index is 1.83. The van der Waals surface area contributed by atoms with Gasteiger partial charge in [-0.05, 0) is 47.7 Å². The number of halogens is 1. The lowest BCUT2D eigenvalue weighted by atomic mass is 9.90. The molecule has 4 nitrogen and oxygen atoms in total. The van der Waals surface area contributed by atoms with E-state index < -0.39 is 6.10 Å². The van der Waals surface area contributed by atoms with Crippen LogP contribution in [0.1, 0.15) is 53.8 Å². The zero-order chi connectivity index (χ0) is 18.7. The molecule has 0 aliphatic carbocycles. The number of nitrogens with one attached hydrogen (secondary N) is 1. The molecular formula is C21H21FN2O2. The van der Waals surface area contributed by atoms with Crippen LogP contribution in [-0.4, -0.2) is 21.1 Å². The number of Topliss-reactive ketones (excluding diaryl/α,β-unsaturated/α-hetero) is 1. The van der Waals surface area contributed by atoms with Crippen LogP contribution in [0.2, 0.25) is 0 Å². The molecule has 2 atom stereocenters. The number of hydrogen-bond donors (Lipinski definition) is 2. The number of aliphatic hydroxyl groups excluding tert-OH is 1. The maximum atomic E-state index is 13.1. The summed E-state index contributed by atoms with van der Waals surface area (Å²) in [5, 5.41) is 16.8. The van der Waals surface area contributed by atoms with Crippen LogP contribution in [-0.2, 0) is 0 Å². The predicted molar refractivity (Wildman–Crippen MR) is 98.4 cm³/mol. The van der Waals surface area contributed by atoms with Crippen molar-refractivity contribution in [1.29, 1.82) is 0 Å². The summed E-state index contributed by atoms with van der Waals surface area (Å²) in [5.41, 5.74) is 3.87. The molecule has 0 saturated heterocycles. The zero-order valence-electron chi connectivity index (χ0n) is 14.7. The van der Waals surface area contributed by atoms with Crippen molar-refractivity contribution < 1.29 is 14.3 Å². The molecule has 134 valence electrons. The minimum Gasteiger partial charge on any atom is -0.389 e. The number of hydrogen-bond acceptors (Lipinski definition) is 3. The molecule has 0 saturated carbocycles. The van der Waals surface area contributed by atoms with Crippen LogP contribution in [0.4, 0.5) is 4.39 Å². The van der Waals surface area contributed by atoms with Gasteiger partial charge in [0.05, 0.1) is 12.3 Å². The lowest BCUT2D eigenvalue weighted by Crippen LogP contribution is -2.07. The van der Waals surface area contributed by atoms with Crippen LogP contribution >= 0.6 is 0 Å². The first-order chi connectivity index (χ1) is 12.5. The van der Waals surface area contributed by atoms with E-state index in [0.717, 1.165) is 16.7 Å². The quantitative estimate of drug-likeness (QED) is 0.635. The summed E-state index contributed by atoms with van der Waals surface area (Å²) in [7, 11) is 0. The number of ketones is 1. The predicted octanol–water partition coefficient (Wildman–Crippen LogP) is 4.65. The van der Waals surface area contributed by atoms with E-state index in [9.17, 15) is 14.3 Å². The lowest BCUT2D eigenvalue weighted by molar-refractivity contribution is 0.0975. The van der Waals surface area contributed by atoms with Gasteiger partial charge < -0.3 is 5.11 Å². The Morgan fingerprint density at radius 2 is 1.92 bits per heavy atom. The highest BCUT2D eigenvalue weighted by Crippen LogP contribution is 2.30. The number of aromatic amines is 1. The highest BCUT2D eigenvalue weighted by atomic mass is 19.1. The molecule has 3 rings (SSSR count). The van der Waals surface area contributed by atoms with Crippen molar-refractivity contribution in [3.63, 3.8) is 0 Å². The third kappa shape index (κ3) is 3.89. The standard InChI is InChI=1S/C21H21FN2O2/c1-13(15-3-6-18(22)7-4-15)9-21(26)16-5-8-19(17-11-23-24-12-17)20(10-16)14(2)25/h3-8,10-14,25H,9H2,1-2H3,(H,23,24)/t13-,14?/m0/s1. The van der Waals surface area contributed by atoms with Gasteiger partial charge in [0.2, 0.25) is 0 Å². The van der Waals surface area contributed by atoms with E-state index >= 15 is 0 Å². The van der Waals surface area contributed by atoms with Crippen molar-refractivity contribution in [3.8, 4) is 11.1 Å². The van der Waals surface area contributed by atoms with Crippen molar-refractivity contribution in [2.24, 2.45) is 0 Å². The van der Waals surface area contributed by atoms with Crippen molar-refractivity contribution in [2.75, 3.05) is 0 Å². The Labute approximate surface area is 151 Å². The largest absolute Gasteiger partial charge is 0.389 e. The summed E-state index contributed by atoms with van der Waals surface area (Å²) in [4.78, 5) is 12.7. The van der Waals surface area contributed by atoms with Gasteiger partial charge >= 0.3 is 0 Å². The number of aromatic nitrogens is 2. The summed E-state index contributed by atoms with van der Waals surface area (Å²) in [6.07, 6.45) is 3.04. The molecule has 0 bridgehead atoms. The maximum absolute atomic E-state index is 13.1. The molecule has 1 heterocycles. The second-order valence-corrected chi connectivity index (χ2v) is 6.54. The Kier molecular flexibility index (Phi) is 5.28. The van der Waals surface area contributed by atoms with E-state index in [1.165, 1.54) is 12.1 Å². The first-order valence-electron chi connectivity index (χ1n) is 8.55. The van der Waals surface area contributed by atoms with Crippen LogP contribution in [0.15, 0.2) is 54.9 Å². The van der Waals surface area contributed by atoms with Crippen LogP contribution in [0.25, 0.3) is 11.1 Å². The highest BCUT2D eigenvalue weighted by Gasteiger charge is 2.17. The molecule has 1 unspecified atom stereocenters. The van der Waals surface area contributed by atoms with Crippen molar-refractivity contribution in [1.82, 2.24) is 10.2 Å². The third-order valence-corrected chi connectivity index (χ3v) is 4.56. The fraction of sp³-hybridized carbons (Fsp3) is 0.238. The van der Waals surface area contributed by atoms with Crippen LogP contribution in [0.3, 0.4) is 0 Å². The number of nitrogens with zero attached hydrogens (tertiary/aromatic N) is 1. The average Bonchev–Trinajstić information content (AvgIpc) is 3.16. The SMILES string of the molecule is CC(O)c1cc(C(=O)C[C@H](C)c2ccc(F)cc2)ccc1-c1cn[nH]c1. The van der Waals surface area contributed by atoms with E-state index in [1.54, 1.807) is 43.6 Å². The molecule has 0 amide bonds. The van der Waals surface area contributed by atoms with Crippen LogP contribution in [0.5, 0.6) is 0 Å². The number of H-pyrrole nitrogens is 1. The van der Waals surface area contributed by atoms with Crippen molar-refractivity contribution in [3.05, 3.63) is 77.4 Å². The number of carbonyl (C=O) groups excluding carboxylic acids is 1. The molecule has 2 aromatic carbocycles. The third-order valence-electron chi connectivity index (χ3n) is 4.56. The van der Waals surface area contributed by atoms with Gasteiger partial charge in [0.15, 0.2) is 5.78 Å². The summed E-state index contributed by atoms with van der Waals surface area (Å²) in [6.45, 7) is 3.62. The molecule has 0 radical (unpaired) electrons. The number of benzene rings is 2. The summed E-state index contributed by atoms with van der Waals surface area (Å²) < 4.78 is 13.1. The molecule has 0 aliphatic rings. The maximum Gasteiger partial charge on any atom is 0.163 e. The number of rotatable bonds is 6. The monoisotopic (exact) mass is 352 g/mol. The Morgan fingerprint density at radius 1 is 1.19 bits per heavy atom. The van der Waals surface area contributed by atoms with Gasteiger partial charge in [-0.1, -0.05) is 31.2 Å². The van der Waals surface area contributed by atoms with E-state index in [2.05, 4.69) is 10.2 Å². The van der Waals surface area contributed by atoms with Crippen molar-refractivity contribution >= 4 is 5.78 Å². The van der Waals surface area contributed by atoms with E-state index in [4.69, 9.17) is 0 Å². The summed E-state index contributed by atoms with van der Waals surface area (Å²) in [5.74, 6) is -0.321. The van der Waals surface area contributed by atoms with Gasteiger partial charge in [-0.15, -0.1) is 0 Å². The minimum atomic E-state index is -0.706.